The minimum atomic E-state index is -0.133. The number of anilines is 3. The van der Waals surface area contributed by atoms with E-state index in [9.17, 15) is 4.79 Å². The third-order valence-electron chi connectivity index (χ3n) is 3.75. The Morgan fingerprint density at radius 1 is 1.12 bits per heavy atom. The number of hydrogen-bond donors (Lipinski definition) is 2. The molecular formula is C19H26N4O. The Morgan fingerprint density at radius 3 is 2.54 bits per heavy atom. The highest BCUT2D eigenvalue weighted by Gasteiger charge is 2.07. The van der Waals surface area contributed by atoms with Crippen LogP contribution in [-0.2, 0) is 0 Å². The molecule has 0 aliphatic heterocycles. The van der Waals surface area contributed by atoms with Gasteiger partial charge >= 0.3 is 0 Å². The lowest BCUT2D eigenvalue weighted by Crippen LogP contribution is -2.13. The second-order valence-corrected chi connectivity index (χ2v) is 5.96. The van der Waals surface area contributed by atoms with E-state index in [1.54, 1.807) is 18.3 Å². The van der Waals surface area contributed by atoms with E-state index in [2.05, 4.69) is 22.5 Å². The van der Waals surface area contributed by atoms with Crippen molar-refractivity contribution in [1.29, 1.82) is 0 Å². The van der Waals surface area contributed by atoms with E-state index in [0.29, 0.717) is 5.56 Å². The summed E-state index contributed by atoms with van der Waals surface area (Å²) in [6.07, 6.45) is 5.14. The van der Waals surface area contributed by atoms with Crippen LogP contribution in [-0.4, -0.2) is 31.5 Å². The van der Waals surface area contributed by atoms with Gasteiger partial charge in [0.05, 0.1) is 0 Å². The Morgan fingerprint density at radius 2 is 1.88 bits per heavy atom. The number of carbonyl (C=O) groups is 1. The van der Waals surface area contributed by atoms with Gasteiger partial charge in [-0.25, -0.2) is 4.98 Å². The molecule has 1 aromatic heterocycles. The Bertz CT molecular complexity index is 653. The summed E-state index contributed by atoms with van der Waals surface area (Å²) in [5.41, 5.74) is 2.47. The second-order valence-electron chi connectivity index (χ2n) is 5.96. The number of hydrogen-bond acceptors (Lipinski definition) is 4. The smallest absolute Gasteiger partial charge is 0.255 e. The molecule has 0 aliphatic rings. The summed E-state index contributed by atoms with van der Waals surface area (Å²) < 4.78 is 0. The third-order valence-corrected chi connectivity index (χ3v) is 3.75. The summed E-state index contributed by atoms with van der Waals surface area (Å²) in [7, 11) is 3.97. The predicted octanol–water partition coefficient (Wildman–Crippen LogP) is 4.00. The molecule has 0 radical (unpaired) electrons. The Hall–Kier alpha value is -2.56. The van der Waals surface area contributed by atoms with Crippen molar-refractivity contribution >= 4 is 23.1 Å². The summed E-state index contributed by atoms with van der Waals surface area (Å²) in [6, 6.07) is 11.3. The van der Waals surface area contributed by atoms with E-state index in [1.165, 1.54) is 12.8 Å². The van der Waals surface area contributed by atoms with Gasteiger partial charge < -0.3 is 15.5 Å². The number of nitrogens with one attached hydrogen (secondary N) is 2. The van der Waals surface area contributed by atoms with Crippen molar-refractivity contribution in [3.05, 3.63) is 48.2 Å². The quantitative estimate of drug-likeness (QED) is 0.720. The number of carbonyl (C=O) groups excluding carboxylic acids is 1. The van der Waals surface area contributed by atoms with E-state index in [-0.39, 0.29) is 5.91 Å². The summed E-state index contributed by atoms with van der Waals surface area (Å²) in [5, 5.41) is 6.18. The van der Waals surface area contributed by atoms with Crippen LogP contribution in [0.25, 0.3) is 0 Å². The molecule has 2 N–H and O–H groups in total. The van der Waals surface area contributed by atoms with Gasteiger partial charge in [-0.2, -0.15) is 0 Å². The van der Waals surface area contributed by atoms with E-state index in [1.807, 2.05) is 43.3 Å². The standard InChI is InChI=1S/C19H26N4O/c1-4-5-6-12-20-18-14-15(11-13-21-18)19(24)22-16-7-9-17(10-8-16)23(2)3/h7-11,13-14H,4-6,12H2,1-3H3,(H,20,21)(H,22,24). The molecule has 24 heavy (non-hydrogen) atoms. The Balaban J connectivity index is 1.96. The zero-order valence-electron chi connectivity index (χ0n) is 14.7. The monoisotopic (exact) mass is 326 g/mol. The van der Waals surface area contributed by atoms with Gasteiger partial charge in [0.2, 0.25) is 0 Å². The van der Waals surface area contributed by atoms with Crippen molar-refractivity contribution in [2.24, 2.45) is 0 Å². The number of rotatable bonds is 8. The van der Waals surface area contributed by atoms with Crippen LogP contribution in [0.2, 0.25) is 0 Å². The van der Waals surface area contributed by atoms with Crippen molar-refractivity contribution in [3.63, 3.8) is 0 Å². The molecule has 128 valence electrons. The fraction of sp³-hybridized carbons (Fsp3) is 0.368. The van der Waals surface area contributed by atoms with Crippen LogP contribution >= 0.6 is 0 Å². The SMILES string of the molecule is CCCCCNc1cc(C(=O)Nc2ccc(N(C)C)cc2)ccn1. The Labute approximate surface area is 144 Å². The Kier molecular flexibility index (Phi) is 6.61. The average molecular weight is 326 g/mol. The lowest BCUT2D eigenvalue weighted by Gasteiger charge is -2.13. The highest BCUT2D eigenvalue weighted by Crippen LogP contribution is 2.17. The first-order valence-corrected chi connectivity index (χ1v) is 8.39. The normalized spacial score (nSPS) is 10.3. The highest BCUT2D eigenvalue weighted by molar-refractivity contribution is 6.04. The maximum atomic E-state index is 12.4. The third kappa shape index (κ3) is 5.26. The summed E-state index contributed by atoms with van der Waals surface area (Å²) in [5.74, 6) is 0.605. The van der Waals surface area contributed by atoms with Gasteiger partial charge in [-0.1, -0.05) is 19.8 Å². The average Bonchev–Trinajstić information content (AvgIpc) is 2.59. The van der Waals surface area contributed by atoms with E-state index < -0.39 is 0 Å². The van der Waals surface area contributed by atoms with Crippen molar-refractivity contribution in [2.75, 3.05) is 36.2 Å². The zero-order chi connectivity index (χ0) is 17.4. The molecule has 0 saturated carbocycles. The van der Waals surface area contributed by atoms with Gasteiger partial charge in [0, 0.05) is 43.8 Å². The van der Waals surface area contributed by atoms with Gasteiger partial charge in [-0.3, -0.25) is 4.79 Å². The number of nitrogens with zero attached hydrogens (tertiary/aromatic N) is 2. The first-order valence-electron chi connectivity index (χ1n) is 8.39. The van der Waals surface area contributed by atoms with Gasteiger partial charge in [-0.05, 0) is 42.8 Å². The minimum absolute atomic E-state index is 0.133. The van der Waals surface area contributed by atoms with Gasteiger partial charge in [0.15, 0.2) is 0 Å². The lowest BCUT2D eigenvalue weighted by molar-refractivity contribution is 0.102. The van der Waals surface area contributed by atoms with E-state index in [0.717, 1.165) is 30.2 Å². The van der Waals surface area contributed by atoms with Crippen LogP contribution in [0, 0.1) is 0 Å². The fourth-order valence-corrected chi connectivity index (χ4v) is 2.31. The van der Waals surface area contributed by atoms with Crippen molar-refractivity contribution < 1.29 is 4.79 Å². The molecule has 0 saturated heterocycles. The first-order chi connectivity index (χ1) is 11.6. The molecule has 2 aromatic rings. The van der Waals surface area contributed by atoms with Gasteiger partial charge in [0.1, 0.15) is 5.82 Å². The number of pyridine rings is 1. The molecule has 0 spiro atoms. The van der Waals surface area contributed by atoms with Crippen LogP contribution in [0.15, 0.2) is 42.6 Å². The summed E-state index contributed by atoms with van der Waals surface area (Å²) in [4.78, 5) is 18.7. The summed E-state index contributed by atoms with van der Waals surface area (Å²) in [6.45, 7) is 3.05. The zero-order valence-corrected chi connectivity index (χ0v) is 14.7. The maximum Gasteiger partial charge on any atom is 0.255 e. The molecule has 1 heterocycles. The van der Waals surface area contributed by atoms with E-state index in [4.69, 9.17) is 0 Å². The molecule has 1 amide bonds. The van der Waals surface area contributed by atoms with Crippen molar-refractivity contribution in [3.8, 4) is 0 Å². The molecule has 0 aliphatic carbocycles. The van der Waals surface area contributed by atoms with Gasteiger partial charge in [-0.15, -0.1) is 0 Å². The molecule has 0 bridgehead atoms. The highest BCUT2D eigenvalue weighted by atomic mass is 16.1. The number of amides is 1. The molecule has 5 nitrogen and oxygen atoms in total. The number of aromatic nitrogens is 1. The fourth-order valence-electron chi connectivity index (χ4n) is 2.31. The number of unbranched alkanes of at least 4 members (excludes halogenated alkanes) is 2. The van der Waals surface area contributed by atoms with Crippen LogP contribution in [0.5, 0.6) is 0 Å². The maximum absolute atomic E-state index is 12.4. The molecule has 0 unspecified atom stereocenters. The molecule has 2 rings (SSSR count). The number of benzene rings is 1. The minimum Gasteiger partial charge on any atom is -0.378 e. The van der Waals surface area contributed by atoms with Crippen molar-refractivity contribution in [1.82, 2.24) is 4.98 Å². The topological polar surface area (TPSA) is 57.3 Å². The van der Waals surface area contributed by atoms with Crippen LogP contribution in [0.4, 0.5) is 17.2 Å². The molecule has 5 heteroatoms. The van der Waals surface area contributed by atoms with E-state index >= 15 is 0 Å². The van der Waals surface area contributed by atoms with Crippen LogP contribution < -0.4 is 15.5 Å². The second kappa shape index (κ2) is 8.91. The first kappa shape index (κ1) is 17.8. The predicted molar refractivity (Wildman–Crippen MR) is 101 cm³/mol. The van der Waals surface area contributed by atoms with Crippen LogP contribution in [0.3, 0.4) is 0 Å². The van der Waals surface area contributed by atoms with Gasteiger partial charge in [0.25, 0.3) is 5.91 Å². The largest absolute Gasteiger partial charge is 0.378 e. The molecule has 0 atom stereocenters. The van der Waals surface area contributed by atoms with Crippen molar-refractivity contribution in [2.45, 2.75) is 26.2 Å². The lowest BCUT2D eigenvalue weighted by atomic mass is 10.2. The summed E-state index contributed by atoms with van der Waals surface area (Å²) >= 11 is 0. The molecule has 1 aromatic carbocycles. The molecular weight excluding hydrogens is 300 g/mol. The van der Waals surface area contributed by atoms with Crippen LogP contribution in [0.1, 0.15) is 36.5 Å². The molecule has 0 fully saturated rings.